The number of benzene rings is 1. The summed E-state index contributed by atoms with van der Waals surface area (Å²) in [4.78, 5) is 11.5. The van der Waals surface area contributed by atoms with Crippen LogP contribution in [0.25, 0.3) is 11.1 Å². The van der Waals surface area contributed by atoms with Gasteiger partial charge in [-0.15, -0.1) is 0 Å². The molecule has 0 aliphatic heterocycles. The van der Waals surface area contributed by atoms with E-state index in [4.69, 9.17) is 4.42 Å². The maximum absolute atomic E-state index is 11.5. The molecule has 1 heterocycles. The van der Waals surface area contributed by atoms with E-state index >= 15 is 0 Å². The monoisotopic (exact) mass is 275 g/mol. The molecular weight excluding hydrogens is 254 g/mol. The zero-order valence-electron chi connectivity index (χ0n) is 12.6. The maximum atomic E-state index is 11.5. The van der Waals surface area contributed by atoms with Gasteiger partial charge in [-0.2, -0.15) is 0 Å². The average molecular weight is 275 g/mol. The van der Waals surface area contributed by atoms with Crippen molar-refractivity contribution < 1.29 is 9.52 Å². The molecule has 1 N–H and O–H groups in total. The minimum atomic E-state index is -0.532. The average Bonchev–Trinajstić information content (AvgIpc) is 2.61. The highest BCUT2D eigenvalue weighted by Gasteiger charge is 2.67. The molecule has 1 aliphatic carbocycles. The summed E-state index contributed by atoms with van der Waals surface area (Å²) in [6, 6.07) is 5.50. The first-order valence-electron chi connectivity index (χ1n) is 6.95. The number of aliphatic hydroxyl groups excluding tert-OH is 1. The Bertz CT molecular complexity index is 722. The fourth-order valence-corrected chi connectivity index (χ4v) is 3.56. The Balaban J connectivity index is 2.02. The Hall–Kier alpha value is -1.55. The van der Waals surface area contributed by atoms with E-state index in [1.54, 1.807) is 13.1 Å². The largest absolute Gasteiger partial charge is 0.419 e. The van der Waals surface area contributed by atoms with E-state index in [9.17, 15) is 9.90 Å². The van der Waals surface area contributed by atoms with Crippen molar-refractivity contribution in [2.45, 2.75) is 33.8 Å². The molecule has 20 heavy (non-hydrogen) atoms. The summed E-state index contributed by atoms with van der Waals surface area (Å²) in [6.07, 6.45) is -0.532. The standard InChI is InChI=1S/C16H21NO3/c1-15(2)13(16(15,3)4)12(18)9-6-7-10-11(8-9)20-14(19)17(10)5/h6-8,12-13,18H,1-5H3. The minimum Gasteiger partial charge on any atom is -0.408 e. The summed E-state index contributed by atoms with van der Waals surface area (Å²) in [5, 5.41) is 10.6. The van der Waals surface area contributed by atoms with Crippen LogP contribution in [0.2, 0.25) is 0 Å². The van der Waals surface area contributed by atoms with Crippen LogP contribution in [-0.4, -0.2) is 9.67 Å². The molecule has 0 saturated heterocycles. The third-order valence-corrected chi connectivity index (χ3v) is 5.61. The second kappa shape index (κ2) is 3.76. The van der Waals surface area contributed by atoms with E-state index < -0.39 is 6.10 Å². The Kier molecular flexibility index (Phi) is 2.52. The zero-order valence-corrected chi connectivity index (χ0v) is 12.6. The predicted octanol–water partition coefficient (Wildman–Crippen LogP) is 2.85. The van der Waals surface area contributed by atoms with Crippen molar-refractivity contribution in [1.82, 2.24) is 4.57 Å². The van der Waals surface area contributed by atoms with Crippen molar-refractivity contribution in [3.05, 3.63) is 34.3 Å². The number of aryl methyl sites for hydroxylation is 1. The highest BCUT2D eigenvalue weighted by Crippen LogP contribution is 2.72. The van der Waals surface area contributed by atoms with E-state index in [0.29, 0.717) is 5.58 Å². The fraction of sp³-hybridized carbons (Fsp3) is 0.562. The summed E-state index contributed by atoms with van der Waals surface area (Å²) in [5.41, 5.74) is 2.32. The van der Waals surface area contributed by atoms with Crippen molar-refractivity contribution in [1.29, 1.82) is 0 Å². The van der Waals surface area contributed by atoms with Gasteiger partial charge in [-0.05, 0) is 28.5 Å². The summed E-state index contributed by atoms with van der Waals surface area (Å²) < 4.78 is 6.66. The van der Waals surface area contributed by atoms with E-state index in [1.807, 2.05) is 12.1 Å². The molecule has 1 fully saturated rings. The molecule has 2 aromatic rings. The fourth-order valence-electron chi connectivity index (χ4n) is 3.56. The SMILES string of the molecule is Cn1c(=O)oc2cc(C(O)C3C(C)(C)C3(C)C)ccc21. The van der Waals surface area contributed by atoms with Crippen LogP contribution in [0.15, 0.2) is 27.4 Å². The van der Waals surface area contributed by atoms with Crippen LogP contribution in [-0.2, 0) is 7.05 Å². The molecule has 0 bridgehead atoms. The molecule has 1 atom stereocenters. The highest BCUT2D eigenvalue weighted by molar-refractivity contribution is 5.73. The third kappa shape index (κ3) is 1.54. The number of aliphatic hydroxyl groups is 1. The number of nitrogens with zero attached hydrogens (tertiary/aromatic N) is 1. The van der Waals surface area contributed by atoms with Crippen LogP contribution in [0.5, 0.6) is 0 Å². The predicted molar refractivity (Wildman–Crippen MR) is 77.5 cm³/mol. The lowest BCUT2D eigenvalue weighted by atomic mass is 9.99. The van der Waals surface area contributed by atoms with E-state index in [-0.39, 0.29) is 22.5 Å². The first-order valence-corrected chi connectivity index (χ1v) is 6.95. The van der Waals surface area contributed by atoms with Gasteiger partial charge in [0.2, 0.25) is 0 Å². The minimum absolute atomic E-state index is 0.110. The maximum Gasteiger partial charge on any atom is 0.419 e. The zero-order chi connectivity index (χ0) is 14.9. The summed E-state index contributed by atoms with van der Waals surface area (Å²) in [6.45, 7) is 8.73. The van der Waals surface area contributed by atoms with Gasteiger partial charge in [0.05, 0.1) is 11.6 Å². The van der Waals surface area contributed by atoms with Gasteiger partial charge in [0.15, 0.2) is 5.58 Å². The molecule has 0 amide bonds. The molecule has 0 spiro atoms. The van der Waals surface area contributed by atoms with Gasteiger partial charge in [-0.1, -0.05) is 33.8 Å². The van der Waals surface area contributed by atoms with Crippen LogP contribution in [0.4, 0.5) is 0 Å². The number of oxazole rings is 1. The van der Waals surface area contributed by atoms with E-state index in [1.165, 1.54) is 4.57 Å². The van der Waals surface area contributed by atoms with Crippen molar-refractivity contribution in [3.8, 4) is 0 Å². The molecular formula is C16H21NO3. The van der Waals surface area contributed by atoms with E-state index in [0.717, 1.165) is 11.1 Å². The third-order valence-electron chi connectivity index (χ3n) is 5.61. The van der Waals surface area contributed by atoms with Crippen LogP contribution in [0, 0.1) is 16.7 Å². The van der Waals surface area contributed by atoms with E-state index in [2.05, 4.69) is 27.7 Å². The first-order chi connectivity index (χ1) is 9.18. The lowest BCUT2D eigenvalue weighted by Gasteiger charge is -2.13. The van der Waals surface area contributed by atoms with Crippen molar-refractivity contribution in [2.75, 3.05) is 0 Å². The van der Waals surface area contributed by atoms with Gasteiger partial charge < -0.3 is 9.52 Å². The second-order valence-corrected chi connectivity index (χ2v) is 7.02. The molecule has 3 rings (SSSR count). The van der Waals surface area contributed by atoms with Crippen LogP contribution >= 0.6 is 0 Å². The Morgan fingerprint density at radius 2 is 1.85 bits per heavy atom. The molecule has 108 valence electrons. The molecule has 4 heteroatoms. The molecule has 0 radical (unpaired) electrons. The lowest BCUT2D eigenvalue weighted by molar-refractivity contribution is 0.131. The van der Waals surface area contributed by atoms with Gasteiger partial charge in [0.25, 0.3) is 0 Å². The Labute approximate surface area is 118 Å². The number of fused-ring (bicyclic) bond motifs is 1. The summed E-state index contributed by atoms with van der Waals surface area (Å²) in [5.74, 6) is -0.165. The van der Waals surface area contributed by atoms with Gasteiger partial charge in [-0.25, -0.2) is 4.79 Å². The van der Waals surface area contributed by atoms with Gasteiger partial charge in [0, 0.05) is 13.0 Å². The molecule has 1 unspecified atom stereocenters. The second-order valence-electron chi connectivity index (χ2n) is 7.02. The Morgan fingerprint density at radius 1 is 1.25 bits per heavy atom. The quantitative estimate of drug-likeness (QED) is 0.917. The van der Waals surface area contributed by atoms with Crippen molar-refractivity contribution >= 4 is 11.1 Å². The normalized spacial score (nSPS) is 22.1. The van der Waals surface area contributed by atoms with Crippen LogP contribution in [0.3, 0.4) is 0 Å². The number of hydrogen-bond donors (Lipinski definition) is 1. The number of aromatic nitrogens is 1. The molecule has 1 saturated carbocycles. The van der Waals surface area contributed by atoms with Gasteiger partial charge in [0.1, 0.15) is 0 Å². The molecule has 4 nitrogen and oxygen atoms in total. The van der Waals surface area contributed by atoms with Crippen molar-refractivity contribution in [3.63, 3.8) is 0 Å². The van der Waals surface area contributed by atoms with Gasteiger partial charge in [-0.3, -0.25) is 4.57 Å². The first kappa shape index (κ1) is 13.4. The highest BCUT2D eigenvalue weighted by atomic mass is 16.4. The molecule has 1 aliphatic rings. The lowest BCUT2D eigenvalue weighted by Crippen LogP contribution is -2.08. The Morgan fingerprint density at radius 3 is 2.40 bits per heavy atom. The molecule has 1 aromatic heterocycles. The topological polar surface area (TPSA) is 55.4 Å². The van der Waals surface area contributed by atoms with Gasteiger partial charge >= 0.3 is 5.76 Å². The summed E-state index contributed by atoms with van der Waals surface area (Å²) >= 11 is 0. The van der Waals surface area contributed by atoms with Crippen LogP contribution in [0.1, 0.15) is 39.4 Å². The number of hydrogen-bond acceptors (Lipinski definition) is 3. The number of rotatable bonds is 2. The van der Waals surface area contributed by atoms with Crippen molar-refractivity contribution in [2.24, 2.45) is 23.8 Å². The van der Waals surface area contributed by atoms with Crippen LogP contribution < -0.4 is 5.76 Å². The smallest absolute Gasteiger partial charge is 0.408 e. The summed E-state index contributed by atoms with van der Waals surface area (Å²) in [7, 11) is 1.68. The molecule has 1 aromatic carbocycles.